The number of hydrogen-bond donors (Lipinski definition) is 1. The lowest BCUT2D eigenvalue weighted by Gasteiger charge is -2.09. The second kappa shape index (κ2) is 7.66. The first-order valence-corrected chi connectivity index (χ1v) is 7.83. The molecule has 0 amide bonds. The molecule has 1 aromatic carbocycles. The predicted octanol–water partition coefficient (Wildman–Crippen LogP) is 2.31. The second-order valence-corrected chi connectivity index (χ2v) is 6.53. The Labute approximate surface area is 118 Å². The van der Waals surface area contributed by atoms with Crippen LogP contribution in [0.15, 0.2) is 23.1 Å². The SMILES string of the molecule is CC(C)COCCCNS(=O)(=O)c1cc(F)ccc1F. The Morgan fingerprint density at radius 3 is 2.65 bits per heavy atom. The Hall–Kier alpha value is -1.05. The minimum absolute atomic E-state index is 0.108. The van der Waals surface area contributed by atoms with Gasteiger partial charge in [-0.15, -0.1) is 0 Å². The molecule has 0 heterocycles. The molecule has 0 fully saturated rings. The standard InChI is InChI=1S/C13H19F2NO3S/c1-10(2)9-19-7-3-6-16-20(17,18)13-8-11(14)4-5-12(13)15/h4-5,8,10,16H,3,6-7,9H2,1-2H3. The number of rotatable bonds is 8. The van der Waals surface area contributed by atoms with E-state index in [0.29, 0.717) is 31.6 Å². The zero-order chi connectivity index (χ0) is 15.2. The molecule has 114 valence electrons. The van der Waals surface area contributed by atoms with Crippen LogP contribution >= 0.6 is 0 Å². The summed E-state index contributed by atoms with van der Waals surface area (Å²) in [5.74, 6) is -1.37. The van der Waals surface area contributed by atoms with E-state index in [9.17, 15) is 17.2 Å². The van der Waals surface area contributed by atoms with Crippen molar-refractivity contribution >= 4 is 10.0 Å². The Balaban J connectivity index is 2.48. The highest BCUT2D eigenvalue weighted by Gasteiger charge is 2.19. The Morgan fingerprint density at radius 1 is 1.30 bits per heavy atom. The van der Waals surface area contributed by atoms with E-state index >= 15 is 0 Å². The zero-order valence-corrected chi connectivity index (χ0v) is 12.3. The summed E-state index contributed by atoms with van der Waals surface area (Å²) in [6.07, 6.45) is 0.461. The van der Waals surface area contributed by atoms with Gasteiger partial charge in [-0.2, -0.15) is 0 Å². The fourth-order valence-electron chi connectivity index (χ4n) is 1.46. The largest absolute Gasteiger partial charge is 0.381 e. The van der Waals surface area contributed by atoms with E-state index in [1.165, 1.54) is 0 Å². The van der Waals surface area contributed by atoms with E-state index in [2.05, 4.69) is 4.72 Å². The summed E-state index contributed by atoms with van der Waals surface area (Å²) in [4.78, 5) is -0.680. The lowest BCUT2D eigenvalue weighted by atomic mass is 10.2. The van der Waals surface area contributed by atoms with Crippen molar-refractivity contribution in [3.63, 3.8) is 0 Å². The van der Waals surface area contributed by atoms with E-state index in [0.717, 1.165) is 12.1 Å². The van der Waals surface area contributed by atoms with Gasteiger partial charge < -0.3 is 4.74 Å². The van der Waals surface area contributed by atoms with Crippen LogP contribution in [0.25, 0.3) is 0 Å². The number of halogens is 2. The summed E-state index contributed by atoms with van der Waals surface area (Å²) in [5.41, 5.74) is 0. The van der Waals surface area contributed by atoms with Gasteiger partial charge in [0.2, 0.25) is 10.0 Å². The monoisotopic (exact) mass is 307 g/mol. The maximum absolute atomic E-state index is 13.4. The lowest BCUT2D eigenvalue weighted by molar-refractivity contribution is 0.108. The molecule has 0 radical (unpaired) electrons. The molecule has 1 N–H and O–H groups in total. The fraction of sp³-hybridized carbons (Fsp3) is 0.538. The molecule has 4 nitrogen and oxygen atoms in total. The molecule has 0 atom stereocenters. The zero-order valence-electron chi connectivity index (χ0n) is 11.5. The molecule has 0 saturated carbocycles. The number of nitrogens with one attached hydrogen (secondary N) is 1. The van der Waals surface area contributed by atoms with Crippen LogP contribution in [0.3, 0.4) is 0 Å². The van der Waals surface area contributed by atoms with Gasteiger partial charge in [0.1, 0.15) is 16.5 Å². The molecule has 0 aliphatic rings. The number of benzene rings is 1. The molecule has 0 aliphatic heterocycles. The van der Waals surface area contributed by atoms with Crippen molar-refractivity contribution in [2.75, 3.05) is 19.8 Å². The summed E-state index contributed by atoms with van der Waals surface area (Å²) < 4.78 is 57.4. The van der Waals surface area contributed by atoms with E-state index in [1.807, 2.05) is 13.8 Å². The van der Waals surface area contributed by atoms with Gasteiger partial charge in [-0.05, 0) is 30.5 Å². The van der Waals surface area contributed by atoms with Crippen molar-refractivity contribution in [1.82, 2.24) is 4.72 Å². The minimum atomic E-state index is -4.04. The lowest BCUT2D eigenvalue weighted by Crippen LogP contribution is -2.26. The van der Waals surface area contributed by atoms with Gasteiger partial charge in [-0.25, -0.2) is 21.9 Å². The maximum Gasteiger partial charge on any atom is 0.243 e. The van der Waals surface area contributed by atoms with Crippen molar-refractivity contribution in [3.05, 3.63) is 29.8 Å². The van der Waals surface area contributed by atoms with Gasteiger partial charge in [0.25, 0.3) is 0 Å². The van der Waals surface area contributed by atoms with Crippen LogP contribution in [0.1, 0.15) is 20.3 Å². The average Bonchev–Trinajstić information content (AvgIpc) is 2.36. The van der Waals surface area contributed by atoms with Gasteiger partial charge >= 0.3 is 0 Å². The Morgan fingerprint density at radius 2 is 2.00 bits per heavy atom. The minimum Gasteiger partial charge on any atom is -0.381 e. The molecule has 0 saturated heterocycles. The molecule has 7 heteroatoms. The van der Waals surface area contributed by atoms with E-state index < -0.39 is 26.6 Å². The molecule has 1 rings (SSSR count). The van der Waals surface area contributed by atoms with Crippen LogP contribution in [0.2, 0.25) is 0 Å². The van der Waals surface area contributed by atoms with Gasteiger partial charge in [-0.3, -0.25) is 0 Å². The third kappa shape index (κ3) is 5.52. The average molecular weight is 307 g/mol. The molecule has 0 aliphatic carbocycles. The van der Waals surface area contributed by atoms with Crippen LogP contribution in [0.4, 0.5) is 8.78 Å². The van der Waals surface area contributed by atoms with Crippen LogP contribution in [-0.2, 0) is 14.8 Å². The molecule has 0 aromatic heterocycles. The van der Waals surface area contributed by atoms with Crippen molar-refractivity contribution < 1.29 is 21.9 Å². The summed E-state index contributed by atoms with van der Waals surface area (Å²) in [7, 11) is -4.04. The summed E-state index contributed by atoms with van der Waals surface area (Å²) >= 11 is 0. The molecule has 0 bridgehead atoms. The van der Waals surface area contributed by atoms with Gasteiger partial charge in [0.05, 0.1) is 0 Å². The van der Waals surface area contributed by atoms with Crippen LogP contribution in [-0.4, -0.2) is 28.2 Å². The normalized spacial score (nSPS) is 12.1. The van der Waals surface area contributed by atoms with Crippen molar-refractivity contribution in [2.45, 2.75) is 25.2 Å². The number of hydrogen-bond acceptors (Lipinski definition) is 3. The summed E-state index contributed by atoms with van der Waals surface area (Å²) in [5, 5.41) is 0. The smallest absolute Gasteiger partial charge is 0.243 e. The highest BCUT2D eigenvalue weighted by atomic mass is 32.2. The first-order chi connectivity index (χ1) is 9.33. The van der Waals surface area contributed by atoms with Gasteiger partial charge in [0.15, 0.2) is 0 Å². The van der Waals surface area contributed by atoms with Crippen LogP contribution in [0.5, 0.6) is 0 Å². The molecule has 0 unspecified atom stereocenters. The highest BCUT2D eigenvalue weighted by Crippen LogP contribution is 2.15. The molecule has 20 heavy (non-hydrogen) atoms. The summed E-state index contributed by atoms with van der Waals surface area (Å²) in [6.45, 7) is 5.14. The molecule has 0 spiro atoms. The van der Waals surface area contributed by atoms with Gasteiger partial charge in [-0.1, -0.05) is 13.8 Å². The molecular formula is C13H19F2NO3S. The Kier molecular flexibility index (Phi) is 6.51. The van der Waals surface area contributed by atoms with E-state index in [1.54, 1.807) is 0 Å². The van der Waals surface area contributed by atoms with E-state index in [4.69, 9.17) is 4.74 Å². The first kappa shape index (κ1) is 17.0. The quantitative estimate of drug-likeness (QED) is 0.750. The predicted molar refractivity (Wildman–Crippen MR) is 71.8 cm³/mol. The van der Waals surface area contributed by atoms with Crippen LogP contribution < -0.4 is 4.72 Å². The number of sulfonamides is 1. The van der Waals surface area contributed by atoms with Crippen LogP contribution in [0, 0.1) is 17.6 Å². The van der Waals surface area contributed by atoms with Crippen molar-refractivity contribution in [3.8, 4) is 0 Å². The number of ether oxygens (including phenoxy) is 1. The third-order valence-electron chi connectivity index (χ3n) is 2.39. The topological polar surface area (TPSA) is 55.4 Å². The first-order valence-electron chi connectivity index (χ1n) is 6.35. The maximum atomic E-state index is 13.4. The second-order valence-electron chi connectivity index (χ2n) is 4.79. The molecule has 1 aromatic rings. The van der Waals surface area contributed by atoms with Crippen molar-refractivity contribution in [1.29, 1.82) is 0 Å². The highest BCUT2D eigenvalue weighted by molar-refractivity contribution is 7.89. The third-order valence-corrected chi connectivity index (χ3v) is 3.87. The molecular weight excluding hydrogens is 288 g/mol. The van der Waals surface area contributed by atoms with Gasteiger partial charge in [0, 0.05) is 19.8 Å². The van der Waals surface area contributed by atoms with E-state index in [-0.39, 0.29) is 6.54 Å². The fourth-order valence-corrected chi connectivity index (χ4v) is 2.62. The summed E-state index contributed by atoms with van der Waals surface area (Å²) in [6, 6.07) is 2.32. The Bertz CT molecular complexity index is 532. The van der Waals surface area contributed by atoms with Crippen molar-refractivity contribution in [2.24, 2.45) is 5.92 Å².